The number of rotatable bonds is 8. The Labute approximate surface area is 338 Å². The summed E-state index contributed by atoms with van der Waals surface area (Å²) in [6.07, 6.45) is 2.22. The zero-order valence-corrected chi connectivity index (χ0v) is 32.4. The Morgan fingerprint density at radius 2 is 1.47 bits per heavy atom. The quantitative estimate of drug-likeness (QED) is 0.156. The van der Waals surface area contributed by atoms with Gasteiger partial charge >= 0.3 is 0 Å². The maximum absolute atomic E-state index is 15.4. The molecule has 4 aromatic carbocycles. The molecule has 0 radical (unpaired) electrons. The lowest BCUT2D eigenvalue weighted by molar-refractivity contribution is -0.138. The summed E-state index contributed by atoms with van der Waals surface area (Å²) in [4.78, 5) is 63.0. The molecule has 58 heavy (non-hydrogen) atoms. The molecule has 3 aliphatic heterocycles. The van der Waals surface area contributed by atoms with E-state index < -0.39 is 52.6 Å². The van der Waals surface area contributed by atoms with Gasteiger partial charge in [0.2, 0.25) is 17.6 Å². The number of carbonyl (C=O) groups excluding carboxylic acids is 4. The predicted molar refractivity (Wildman–Crippen MR) is 212 cm³/mol. The first-order valence-corrected chi connectivity index (χ1v) is 19.6. The van der Waals surface area contributed by atoms with Gasteiger partial charge in [0.15, 0.2) is 11.5 Å². The van der Waals surface area contributed by atoms with Crippen LogP contribution in [0.2, 0.25) is 5.02 Å². The van der Waals surface area contributed by atoms with Crippen molar-refractivity contribution in [3.8, 4) is 17.2 Å². The summed E-state index contributed by atoms with van der Waals surface area (Å²) in [5, 5.41) is 12.4. The van der Waals surface area contributed by atoms with Crippen molar-refractivity contribution in [1.82, 2.24) is 5.01 Å². The van der Waals surface area contributed by atoms with Crippen molar-refractivity contribution in [3.05, 3.63) is 119 Å². The molecule has 9 rings (SSSR count). The van der Waals surface area contributed by atoms with Crippen molar-refractivity contribution in [2.45, 2.75) is 24.2 Å². The van der Waals surface area contributed by atoms with E-state index in [9.17, 15) is 23.9 Å². The molecule has 2 N–H and O–H groups in total. The van der Waals surface area contributed by atoms with Crippen molar-refractivity contribution >= 4 is 52.3 Å². The van der Waals surface area contributed by atoms with E-state index in [1.165, 1.54) is 43.4 Å². The number of fused-ring (bicyclic) bond motifs is 4. The molecule has 5 aliphatic rings. The van der Waals surface area contributed by atoms with Crippen molar-refractivity contribution in [1.29, 1.82) is 0 Å². The van der Waals surface area contributed by atoms with Gasteiger partial charge in [-0.2, -0.15) is 5.01 Å². The third kappa shape index (κ3) is 5.73. The topological polar surface area (TPSA) is 138 Å². The molecule has 1 saturated carbocycles. The Bertz CT molecular complexity index is 2330. The van der Waals surface area contributed by atoms with Crippen LogP contribution in [0.4, 0.5) is 21.5 Å². The van der Waals surface area contributed by atoms with Crippen LogP contribution in [0.1, 0.15) is 29.9 Å². The Balaban J connectivity index is 1.19. The number of carbonyl (C=O) groups is 4. The van der Waals surface area contributed by atoms with Crippen LogP contribution in [-0.4, -0.2) is 74.3 Å². The van der Waals surface area contributed by atoms with Crippen molar-refractivity contribution < 1.29 is 42.9 Å². The highest BCUT2D eigenvalue weighted by atomic mass is 35.5. The van der Waals surface area contributed by atoms with Gasteiger partial charge in [0.25, 0.3) is 11.8 Å². The monoisotopic (exact) mass is 806 g/mol. The predicted octanol–water partition coefficient (Wildman–Crippen LogP) is 6.23. The van der Waals surface area contributed by atoms with Crippen molar-refractivity contribution in [2.24, 2.45) is 23.7 Å². The molecule has 12 nitrogen and oxygen atoms in total. The molecule has 6 atom stereocenters. The summed E-state index contributed by atoms with van der Waals surface area (Å²) in [5.41, 5.74) is 4.74. The fourth-order valence-corrected chi connectivity index (χ4v) is 10.1. The fourth-order valence-electron chi connectivity index (χ4n) is 10.00. The number of ether oxygens (including phenoxy) is 3. The minimum atomic E-state index is -1.63. The number of aromatic hydroxyl groups is 1. The normalized spacial score (nSPS) is 26.6. The number of hydrogen-bond acceptors (Lipinski definition) is 10. The maximum Gasteiger partial charge on any atom is 0.260 e. The lowest BCUT2D eigenvalue weighted by Gasteiger charge is -2.50. The van der Waals surface area contributed by atoms with E-state index >= 15 is 4.79 Å². The highest BCUT2D eigenvalue weighted by Crippen LogP contribution is 2.65. The number of hydrogen-bond donors (Lipinski definition) is 2. The molecule has 3 saturated heterocycles. The van der Waals surface area contributed by atoms with Gasteiger partial charge in [-0.25, -0.2) is 4.39 Å². The van der Waals surface area contributed by atoms with E-state index in [1.54, 1.807) is 48.5 Å². The van der Waals surface area contributed by atoms with E-state index in [4.69, 9.17) is 25.8 Å². The lowest BCUT2D eigenvalue weighted by atomic mass is 9.49. The molecule has 4 amide bonds. The second-order valence-electron chi connectivity index (χ2n) is 15.3. The number of allylic oxidation sites excluding steroid dienone is 2. The van der Waals surface area contributed by atoms with Gasteiger partial charge in [0.1, 0.15) is 5.82 Å². The molecular formula is C44H40ClFN4O8. The van der Waals surface area contributed by atoms with Crippen molar-refractivity contribution in [2.75, 3.05) is 55.7 Å². The van der Waals surface area contributed by atoms with Gasteiger partial charge < -0.3 is 24.2 Å². The van der Waals surface area contributed by atoms with Crippen LogP contribution in [0.3, 0.4) is 0 Å². The molecule has 0 spiro atoms. The van der Waals surface area contributed by atoms with Crippen LogP contribution in [0.5, 0.6) is 17.2 Å². The molecule has 4 fully saturated rings. The number of nitrogens with one attached hydrogen (secondary N) is 1. The molecule has 0 aromatic heterocycles. The fraction of sp³-hybridized carbons (Fsp3) is 0.318. The molecule has 4 aromatic rings. The Morgan fingerprint density at radius 3 is 2.10 bits per heavy atom. The lowest BCUT2D eigenvalue weighted by Crippen LogP contribution is -2.53. The van der Waals surface area contributed by atoms with Crippen LogP contribution >= 0.6 is 11.6 Å². The van der Waals surface area contributed by atoms with Crippen LogP contribution < -0.4 is 24.7 Å². The van der Waals surface area contributed by atoms with Crippen LogP contribution in [-0.2, 0) is 29.3 Å². The molecule has 6 unspecified atom stereocenters. The minimum absolute atomic E-state index is 0.0630. The minimum Gasteiger partial charge on any atom is -0.502 e. The number of halogens is 2. The number of morpholine rings is 1. The zero-order chi connectivity index (χ0) is 40.5. The molecule has 3 heterocycles. The molecular weight excluding hydrogens is 767 g/mol. The second-order valence-corrected chi connectivity index (χ2v) is 15.7. The molecule has 0 bridgehead atoms. The first-order chi connectivity index (χ1) is 28.1. The molecule has 14 heteroatoms. The molecule has 2 aliphatic carbocycles. The largest absolute Gasteiger partial charge is 0.502 e. The highest BCUT2D eigenvalue weighted by molar-refractivity contribution is 6.30. The van der Waals surface area contributed by atoms with Gasteiger partial charge in [0.05, 0.1) is 62.0 Å². The SMILES string of the molecule is COc1cc(C2C3=CCC4C(=O)N(c5ccc(N6CCOCC6)cc5)C(=O)C4C3CC3C(=O)N(Nc4ccc(F)cc4)C(=O)C32c2ccc(Cl)cc2)cc(OC)c1O. The van der Waals surface area contributed by atoms with Gasteiger partial charge in [-0.15, -0.1) is 0 Å². The number of amides is 4. The number of phenolic OH excluding ortho intramolecular Hbond substituents is 1. The average Bonchev–Trinajstić information content (AvgIpc) is 3.62. The van der Waals surface area contributed by atoms with E-state index in [1.807, 2.05) is 18.2 Å². The number of anilines is 3. The maximum atomic E-state index is 15.4. The van der Waals surface area contributed by atoms with Crippen molar-refractivity contribution in [3.63, 3.8) is 0 Å². The molecule has 298 valence electrons. The smallest absolute Gasteiger partial charge is 0.260 e. The van der Waals surface area contributed by atoms with Gasteiger partial charge in [-0.3, -0.25) is 29.5 Å². The Morgan fingerprint density at radius 1 is 0.828 bits per heavy atom. The Hall–Kier alpha value is -5.92. The average molecular weight is 807 g/mol. The van der Waals surface area contributed by atoms with E-state index in [0.29, 0.717) is 46.3 Å². The number of methoxy groups -OCH3 is 2. The summed E-state index contributed by atoms with van der Waals surface area (Å²) in [7, 11) is 2.79. The summed E-state index contributed by atoms with van der Waals surface area (Å²) in [6.45, 7) is 2.70. The first-order valence-electron chi connectivity index (χ1n) is 19.2. The first kappa shape index (κ1) is 37.6. The Kier molecular flexibility index (Phi) is 9.39. The number of phenols is 1. The van der Waals surface area contributed by atoms with Gasteiger partial charge in [0, 0.05) is 29.7 Å². The summed E-state index contributed by atoms with van der Waals surface area (Å²) >= 11 is 6.41. The third-order valence-corrected chi connectivity index (χ3v) is 12.8. The summed E-state index contributed by atoms with van der Waals surface area (Å²) in [6, 6.07) is 22.7. The zero-order valence-electron chi connectivity index (χ0n) is 31.7. The van der Waals surface area contributed by atoms with Crippen LogP contribution in [0, 0.1) is 29.5 Å². The number of nitrogens with zero attached hydrogens (tertiary/aromatic N) is 3. The number of imide groups is 2. The third-order valence-electron chi connectivity index (χ3n) is 12.6. The van der Waals surface area contributed by atoms with E-state index in [0.717, 1.165) is 23.8 Å². The highest BCUT2D eigenvalue weighted by Gasteiger charge is 2.70. The second kappa shape index (κ2) is 14.5. The van der Waals surface area contributed by atoms with Crippen LogP contribution in [0.25, 0.3) is 0 Å². The number of benzene rings is 4. The standard InChI is InChI=1S/C44H40ClFN4O8/c1-56-35-21-24(22-36(57-2)39(35)51)38-31-15-16-32-37(42(54)49(40(32)52)30-13-11-29(12-14-30)48-17-19-58-20-18-48)33(31)23-34-41(53)50(47-28-9-7-27(46)8-10-28)43(55)44(34,38)25-3-5-26(45)6-4-25/h3-15,21-22,32-34,37-38,47,51H,16-20,23H2,1-2H3. The van der Waals surface area contributed by atoms with E-state index in [-0.39, 0.29) is 41.9 Å². The van der Waals surface area contributed by atoms with E-state index in [2.05, 4.69) is 10.3 Å². The van der Waals surface area contributed by atoms with Gasteiger partial charge in [-0.05, 0) is 103 Å². The summed E-state index contributed by atoms with van der Waals surface area (Å²) < 4.78 is 30.7. The number of hydrazine groups is 1. The summed E-state index contributed by atoms with van der Waals surface area (Å²) in [5.74, 6) is -6.59. The van der Waals surface area contributed by atoms with Gasteiger partial charge in [-0.1, -0.05) is 35.4 Å². The van der Waals surface area contributed by atoms with Crippen LogP contribution in [0.15, 0.2) is 96.6 Å².